The Morgan fingerprint density at radius 3 is 2.72 bits per heavy atom. The molecule has 0 saturated carbocycles. The quantitative estimate of drug-likeness (QED) is 0.407. The molecular formula is C21H17F2N5S. The van der Waals surface area contributed by atoms with E-state index in [0.29, 0.717) is 11.6 Å². The smallest absolute Gasteiger partial charge is 0.194 e. The molecular weight excluding hydrogens is 392 g/mol. The summed E-state index contributed by atoms with van der Waals surface area (Å²) in [7, 11) is 0. The molecule has 0 aliphatic carbocycles. The average molecular weight is 409 g/mol. The second-order valence-electron chi connectivity index (χ2n) is 7.35. The first-order valence-corrected chi connectivity index (χ1v) is 10.1. The molecule has 4 heterocycles. The molecule has 0 bridgehead atoms. The van der Waals surface area contributed by atoms with Crippen LogP contribution in [0.5, 0.6) is 0 Å². The van der Waals surface area contributed by atoms with Crippen LogP contribution in [0.2, 0.25) is 0 Å². The Labute approximate surface area is 169 Å². The van der Waals surface area contributed by atoms with Crippen LogP contribution in [0.1, 0.15) is 19.7 Å². The van der Waals surface area contributed by atoms with Crippen LogP contribution in [0.3, 0.4) is 0 Å². The third-order valence-electron chi connectivity index (χ3n) is 4.79. The molecule has 0 aliphatic rings. The summed E-state index contributed by atoms with van der Waals surface area (Å²) in [4.78, 5) is 5.37. The van der Waals surface area contributed by atoms with Crippen LogP contribution in [-0.2, 0) is 6.42 Å². The third-order valence-corrected chi connectivity index (χ3v) is 5.54. The lowest BCUT2D eigenvalue weighted by molar-refractivity contribution is 0.585. The zero-order valence-electron chi connectivity index (χ0n) is 15.8. The van der Waals surface area contributed by atoms with Gasteiger partial charge in [-0.25, -0.2) is 13.8 Å². The Morgan fingerprint density at radius 1 is 1.07 bits per heavy atom. The molecule has 0 amide bonds. The highest BCUT2D eigenvalue weighted by Crippen LogP contribution is 2.35. The maximum atomic E-state index is 14.6. The zero-order chi connectivity index (χ0) is 20.1. The first kappa shape index (κ1) is 17.9. The topological polar surface area (TPSA) is 47.5 Å². The SMILES string of the molecule is CC(C)Cc1nnc2ccc(-c3c(-c4ccc(F)cc4F)nc4sccn34)cn12. The van der Waals surface area contributed by atoms with Gasteiger partial charge in [0.2, 0.25) is 0 Å². The monoisotopic (exact) mass is 409 g/mol. The molecule has 0 fully saturated rings. The normalized spacial score (nSPS) is 11.9. The maximum absolute atomic E-state index is 14.6. The van der Waals surface area contributed by atoms with Gasteiger partial charge in [-0.3, -0.25) is 8.80 Å². The van der Waals surface area contributed by atoms with Gasteiger partial charge >= 0.3 is 0 Å². The molecule has 0 saturated heterocycles. The van der Waals surface area contributed by atoms with E-state index in [1.807, 2.05) is 38.7 Å². The molecule has 5 aromatic rings. The second-order valence-corrected chi connectivity index (χ2v) is 8.22. The van der Waals surface area contributed by atoms with E-state index >= 15 is 0 Å². The van der Waals surface area contributed by atoms with Gasteiger partial charge in [0.1, 0.15) is 23.2 Å². The van der Waals surface area contributed by atoms with E-state index in [2.05, 4.69) is 29.0 Å². The van der Waals surface area contributed by atoms with Crippen molar-refractivity contribution in [3.63, 3.8) is 0 Å². The number of hydrogen-bond donors (Lipinski definition) is 0. The minimum atomic E-state index is -0.636. The summed E-state index contributed by atoms with van der Waals surface area (Å²) in [5, 5.41) is 10.5. The fourth-order valence-corrected chi connectivity index (χ4v) is 4.23. The summed E-state index contributed by atoms with van der Waals surface area (Å²) in [6, 6.07) is 7.38. The van der Waals surface area contributed by atoms with Gasteiger partial charge in [-0.1, -0.05) is 13.8 Å². The Balaban J connectivity index is 1.75. The maximum Gasteiger partial charge on any atom is 0.194 e. The van der Waals surface area contributed by atoms with Crippen molar-refractivity contribution in [2.75, 3.05) is 0 Å². The van der Waals surface area contributed by atoms with E-state index in [4.69, 9.17) is 0 Å². The molecule has 5 nitrogen and oxygen atoms in total. The summed E-state index contributed by atoms with van der Waals surface area (Å²) in [5.41, 5.74) is 3.10. The molecule has 0 aliphatic heterocycles. The summed E-state index contributed by atoms with van der Waals surface area (Å²) in [6.45, 7) is 4.26. The van der Waals surface area contributed by atoms with Crippen LogP contribution >= 0.6 is 11.3 Å². The Morgan fingerprint density at radius 2 is 1.93 bits per heavy atom. The minimum Gasteiger partial charge on any atom is -0.290 e. The number of thiazole rings is 1. The number of halogens is 2. The van der Waals surface area contributed by atoms with Gasteiger partial charge in [0.25, 0.3) is 0 Å². The lowest BCUT2D eigenvalue weighted by atomic mass is 10.1. The van der Waals surface area contributed by atoms with Crippen molar-refractivity contribution in [3.05, 3.63) is 65.6 Å². The molecule has 0 spiro atoms. The molecule has 146 valence electrons. The standard InChI is InChI=1S/C21H17F2N5S/c1-12(2)9-18-26-25-17-6-3-13(11-28(17)18)20-19(24-21-27(20)7-8-29-21)15-5-4-14(22)10-16(15)23/h3-8,10-12H,9H2,1-2H3. The Hall–Kier alpha value is -3.13. The molecule has 1 aromatic carbocycles. The number of benzene rings is 1. The van der Waals surface area contributed by atoms with Gasteiger partial charge in [-0.2, -0.15) is 0 Å². The van der Waals surface area contributed by atoms with Gasteiger partial charge in [0, 0.05) is 41.4 Å². The van der Waals surface area contributed by atoms with Crippen molar-refractivity contribution in [1.82, 2.24) is 24.0 Å². The second kappa shape index (κ2) is 6.73. The van der Waals surface area contributed by atoms with Gasteiger partial charge < -0.3 is 0 Å². The number of aromatic nitrogens is 5. The largest absolute Gasteiger partial charge is 0.290 e. The molecule has 0 radical (unpaired) electrons. The Kier molecular flexibility index (Phi) is 4.16. The number of rotatable bonds is 4. The van der Waals surface area contributed by atoms with Gasteiger partial charge in [0.15, 0.2) is 10.6 Å². The number of nitrogens with zero attached hydrogens (tertiary/aromatic N) is 5. The highest BCUT2D eigenvalue weighted by Gasteiger charge is 2.20. The van der Waals surface area contributed by atoms with Crippen LogP contribution in [-0.4, -0.2) is 24.0 Å². The van der Waals surface area contributed by atoms with E-state index in [1.54, 1.807) is 0 Å². The van der Waals surface area contributed by atoms with Crippen molar-refractivity contribution in [1.29, 1.82) is 0 Å². The summed E-state index contributed by atoms with van der Waals surface area (Å²) in [5.74, 6) is 0.0619. The predicted molar refractivity (Wildman–Crippen MR) is 109 cm³/mol. The molecule has 8 heteroatoms. The Bertz CT molecular complexity index is 1350. The average Bonchev–Trinajstić information content (AvgIpc) is 3.36. The summed E-state index contributed by atoms with van der Waals surface area (Å²) >= 11 is 1.46. The van der Waals surface area contributed by atoms with E-state index in [0.717, 1.165) is 40.2 Å². The van der Waals surface area contributed by atoms with Crippen LogP contribution < -0.4 is 0 Å². The summed E-state index contributed by atoms with van der Waals surface area (Å²) in [6.07, 6.45) is 4.65. The first-order chi connectivity index (χ1) is 14.0. The van der Waals surface area contributed by atoms with Crippen LogP contribution in [0.15, 0.2) is 48.1 Å². The van der Waals surface area contributed by atoms with Crippen molar-refractivity contribution < 1.29 is 8.78 Å². The van der Waals surface area contributed by atoms with Crippen molar-refractivity contribution >= 4 is 21.9 Å². The van der Waals surface area contributed by atoms with Crippen molar-refractivity contribution in [2.24, 2.45) is 5.92 Å². The minimum absolute atomic E-state index is 0.267. The highest BCUT2D eigenvalue weighted by molar-refractivity contribution is 7.15. The van der Waals surface area contributed by atoms with Crippen LogP contribution in [0, 0.1) is 17.6 Å². The lowest BCUT2D eigenvalue weighted by Crippen LogP contribution is -2.01. The molecule has 0 atom stereocenters. The molecule has 0 N–H and O–H groups in total. The van der Waals surface area contributed by atoms with Crippen molar-refractivity contribution in [2.45, 2.75) is 20.3 Å². The number of hydrogen-bond acceptors (Lipinski definition) is 4. The lowest BCUT2D eigenvalue weighted by Gasteiger charge is -2.08. The van der Waals surface area contributed by atoms with Crippen LogP contribution in [0.25, 0.3) is 33.1 Å². The predicted octanol–water partition coefficient (Wildman–Crippen LogP) is 5.25. The first-order valence-electron chi connectivity index (χ1n) is 9.26. The number of pyridine rings is 1. The molecule has 4 aromatic heterocycles. The van der Waals surface area contributed by atoms with E-state index in [9.17, 15) is 8.78 Å². The van der Waals surface area contributed by atoms with Gasteiger partial charge in [-0.15, -0.1) is 21.5 Å². The number of imidazole rings is 1. The molecule has 5 rings (SSSR count). The fraction of sp³-hybridized carbons (Fsp3) is 0.190. The van der Waals surface area contributed by atoms with Crippen LogP contribution in [0.4, 0.5) is 8.78 Å². The third kappa shape index (κ3) is 3.00. The van der Waals surface area contributed by atoms with E-state index in [-0.39, 0.29) is 5.56 Å². The fourth-order valence-electron chi connectivity index (χ4n) is 3.51. The van der Waals surface area contributed by atoms with Crippen molar-refractivity contribution in [3.8, 4) is 22.5 Å². The van der Waals surface area contributed by atoms with Gasteiger partial charge in [0.05, 0.1) is 5.69 Å². The highest BCUT2D eigenvalue weighted by atomic mass is 32.1. The number of fused-ring (bicyclic) bond motifs is 2. The van der Waals surface area contributed by atoms with Gasteiger partial charge in [-0.05, 0) is 30.2 Å². The van der Waals surface area contributed by atoms with E-state index < -0.39 is 11.6 Å². The molecule has 29 heavy (non-hydrogen) atoms. The zero-order valence-corrected chi connectivity index (χ0v) is 16.6. The summed E-state index contributed by atoms with van der Waals surface area (Å²) < 4.78 is 31.9. The molecule has 0 unspecified atom stereocenters. The van der Waals surface area contributed by atoms with E-state index in [1.165, 1.54) is 23.5 Å².